The predicted molar refractivity (Wildman–Crippen MR) is 101 cm³/mol. The van der Waals surface area contributed by atoms with Gasteiger partial charge < -0.3 is 5.32 Å². The first-order valence-corrected chi connectivity index (χ1v) is 9.01. The van der Waals surface area contributed by atoms with Crippen LogP contribution < -0.4 is 5.32 Å². The number of nitrogens with zero attached hydrogens (tertiary/aromatic N) is 2. The molecule has 6 heteroatoms. The molecule has 0 bridgehead atoms. The zero-order valence-corrected chi connectivity index (χ0v) is 16.7. The summed E-state index contributed by atoms with van der Waals surface area (Å²) in [6, 6.07) is 5.81. The standard InChI is InChI=1S/C16H19BrIN3O/c1-10-9-13(6-7-14(10)17)19-15(22)5-4-8-21-12(3)16(18)11(2)20-21/h6-7,9H,4-5,8H2,1-3H3,(H,19,22). The number of rotatable bonds is 5. The number of hydrogen-bond donors (Lipinski definition) is 1. The molecule has 1 aromatic heterocycles. The van der Waals surface area contributed by atoms with Crippen LogP contribution >= 0.6 is 38.5 Å². The Balaban J connectivity index is 1.85. The molecule has 1 aromatic carbocycles. The molecule has 0 saturated carbocycles. The maximum Gasteiger partial charge on any atom is 0.224 e. The SMILES string of the molecule is Cc1cc(NC(=O)CCCn2nc(C)c(I)c2C)ccc1Br. The van der Waals surface area contributed by atoms with Crippen LogP contribution in [0, 0.1) is 24.3 Å². The summed E-state index contributed by atoms with van der Waals surface area (Å²) in [5.41, 5.74) is 4.16. The first-order chi connectivity index (χ1) is 10.4. The van der Waals surface area contributed by atoms with Crippen LogP contribution in [0.1, 0.15) is 29.8 Å². The van der Waals surface area contributed by atoms with E-state index < -0.39 is 0 Å². The summed E-state index contributed by atoms with van der Waals surface area (Å²) in [5.74, 6) is 0.0398. The largest absolute Gasteiger partial charge is 0.326 e. The van der Waals surface area contributed by atoms with Crippen molar-refractivity contribution in [3.63, 3.8) is 0 Å². The Morgan fingerprint density at radius 3 is 2.68 bits per heavy atom. The predicted octanol–water partition coefficient (Wildman–Crippen LogP) is 4.59. The van der Waals surface area contributed by atoms with E-state index in [4.69, 9.17) is 0 Å². The van der Waals surface area contributed by atoms with E-state index in [1.807, 2.05) is 36.7 Å². The highest BCUT2D eigenvalue weighted by atomic mass is 127. The third-order valence-electron chi connectivity index (χ3n) is 3.51. The fraction of sp³-hybridized carbons (Fsp3) is 0.375. The maximum atomic E-state index is 12.0. The molecule has 0 unspecified atom stereocenters. The lowest BCUT2D eigenvalue weighted by Gasteiger charge is -2.08. The van der Waals surface area contributed by atoms with Gasteiger partial charge in [0.15, 0.2) is 0 Å². The summed E-state index contributed by atoms with van der Waals surface area (Å²) in [4.78, 5) is 12.0. The molecule has 1 N–H and O–H groups in total. The number of aryl methyl sites for hydroxylation is 3. The lowest BCUT2D eigenvalue weighted by Crippen LogP contribution is -2.13. The first kappa shape index (κ1) is 17.5. The molecular formula is C16H19BrIN3O. The van der Waals surface area contributed by atoms with Gasteiger partial charge >= 0.3 is 0 Å². The number of amides is 1. The second-order valence-electron chi connectivity index (χ2n) is 5.32. The van der Waals surface area contributed by atoms with Gasteiger partial charge in [-0.1, -0.05) is 15.9 Å². The number of hydrogen-bond acceptors (Lipinski definition) is 2. The van der Waals surface area contributed by atoms with Crippen LogP contribution in [0.4, 0.5) is 5.69 Å². The molecule has 1 amide bonds. The van der Waals surface area contributed by atoms with Crippen molar-refractivity contribution in [1.29, 1.82) is 0 Å². The smallest absolute Gasteiger partial charge is 0.224 e. The minimum Gasteiger partial charge on any atom is -0.326 e. The van der Waals surface area contributed by atoms with Crippen molar-refractivity contribution in [2.45, 2.75) is 40.2 Å². The Labute approximate surface area is 152 Å². The monoisotopic (exact) mass is 475 g/mol. The number of nitrogens with one attached hydrogen (secondary N) is 1. The fourth-order valence-electron chi connectivity index (χ4n) is 2.23. The van der Waals surface area contributed by atoms with Crippen LogP contribution in [-0.2, 0) is 11.3 Å². The van der Waals surface area contributed by atoms with Gasteiger partial charge in [0.2, 0.25) is 5.91 Å². The van der Waals surface area contributed by atoms with Crippen molar-refractivity contribution in [1.82, 2.24) is 9.78 Å². The lowest BCUT2D eigenvalue weighted by molar-refractivity contribution is -0.116. The summed E-state index contributed by atoms with van der Waals surface area (Å²) >= 11 is 5.76. The fourth-order valence-corrected chi connectivity index (χ4v) is 2.86. The van der Waals surface area contributed by atoms with E-state index in [2.05, 4.69) is 55.9 Å². The Bertz CT molecular complexity index is 697. The van der Waals surface area contributed by atoms with Gasteiger partial charge in [-0.2, -0.15) is 5.10 Å². The van der Waals surface area contributed by atoms with Gasteiger partial charge in [-0.25, -0.2) is 0 Å². The third-order valence-corrected chi connectivity index (χ3v) is 5.96. The topological polar surface area (TPSA) is 46.9 Å². The molecule has 0 aliphatic heterocycles. The second kappa shape index (κ2) is 7.59. The van der Waals surface area contributed by atoms with Crippen molar-refractivity contribution in [3.8, 4) is 0 Å². The molecule has 0 fully saturated rings. The maximum absolute atomic E-state index is 12.0. The highest BCUT2D eigenvalue weighted by Gasteiger charge is 2.09. The van der Waals surface area contributed by atoms with E-state index in [0.717, 1.165) is 34.4 Å². The molecule has 0 aliphatic carbocycles. The molecular weight excluding hydrogens is 457 g/mol. The molecule has 0 spiro atoms. The minimum absolute atomic E-state index is 0.0398. The number of anilines is 1. The van der Waals surface area contributed by atoms with E-state index >= 15 is 0 Å². The highest BCUT2D eigenvalue weighted by molar-refractivity contribution is 14.1. The van der Waals surface area contributed by atoms with Crippen molar-refractivity contribution < 1.29 is 4.79 Å². The molecule has 0 aliphatic rings. The second-order valence-corrected chi connectivity index (χ2v) is 7.26. The number of carbonyl (C=O) groups excluding carboxylic acids is 1. The zero-order chi connectivity index (χ0) is 16.3. The van der Waals surface area contributed by atoms with Gasteiger partial charge in [0, 0.05) is 28.8 Å². The average molecular weight is 476 g/mol. The van der Waals surface area contributed by atoms with Crippen LogP contribution in [0.5, 0.6) is 0 Å². The Morgan fingerprint density at radius 2 is 2.09 bits per heavy atom. The number of benzene rings is 1. The van der Waals surface area contributed by atoms with Gasteiger partial charge in [-0.3, -0.25) is 9.48 Å². The van der Waals surface area contributed by atoms with Crippen LogP contribution in [0.15, 0.2) is 22.7 Å². The molecule has 0 radical (unpaired) electrons. The summed E-state index contributed by atoms with van der Waals surface area (Å²) in [5, 5.41) is 7.42. The van der Waals surface area contributed by atoms with E-state index in [-0.39, 0.29) is 5.91 Å². The number of halogens is 2. The molecule has 0 atom stereocenters. The van der Waals surface area contributed by atoms with Gasteiger partial charge in [0.25, 0.3) is 0 Å². The van der Waals surface area contributed by atoms with Crippen molar-refractivity contribution in [2.75, 3.05) is 5.32 Å². The quantitative estimate of drug-likeness (QED) is 0.642. The van der Waals surface area contributed by atoms with Crippen molar-refractivity contribution >= 4 is 50.1 Å². The molecule has 0 saturated heterocycles. The summed E-state index contributed by atoms with van der Waals surface area (Å²) in [6.07, 6.45) is 1.27. The Kier molecular flexibility index (Phi) is 6.02. The summed E-state index contributed by atoms with van der Waals surface area (Å²) < 4.78 is 4.23. The number of carbonyl (C=O) groups is 1. The lowest BCUT2D eigenvalue weighted by atomic mass is 10.2. The van der Waals surface area contributed by atoms with Crippen molar-refractivity contribution in [2.24, 2.45) is 0 Å². The summed E-state index contributed by atoms with van der Waals surface area (Å²) in [7, 11) is 0. The van der Waals surface area contributed by atoms with E-state index in [1.165, 1.54) is 9.26 Å². The zero-order valence-electron chi connectivity index (χ0n) is 12.9. The third kappa shape index (κ3) is 4.32. The molecule has 1 heterocycles. The van der Waals surface area contributed by atoms with E-state index in [1.54, 1.807) is 0 Å². The summed E-state index contributed by atoms with van der Waals surface area (Å²) in [6.45, 7) is 6.84. The molecule has 22 heavy (non-hydrogen) atoms. The van der Waals surface area contributed by atoms with Crippen LogP contribution in [0.25, 0.3) is 0 Å². The molecule has 2 aromatic rings. The van der Waals surface area contributed by atoms with Gasteiger partial charge in [-0.15, -0.1) is 0 Å². The van der Waals surface area contributed by atoms with Gasteiger partial charge in [-0.05, 0) is 73.5 Å². The minimum atomic E-state index is 0.0398. The van der Waals surface area contributed by atoms with E-state index in [0.29, 0.717) is 6.42 Å². The van der Waals surface area contributed by atoms with E-state index in [9.17, 15) is 4.79 Å². The van der Waals surface area contributed by atoms with Crippen LogP contribution in [0.3, 0.4) is 0 Å². The molecule has 2 rings (SSSR count). The number of aromatic nitrogens is 2. The first-order valence-electron chi connectivity index (χ1n) is 7.14. The Morgan fingerprint density at radius 1 is 1.36 bits per heavy atom. The molecule has 118 valence electrons. The van der Waals surface area contributed by atoms with Crippen molar-refractivity contribution in [3.05, 3.63) is 43.2 Å². The van der Waals surface area contributed by atoms with Crippen LogP contribution in [-0.4, -0.2) is 15.7 Å². The highest BCUT2D eigenvalue weighted by Crippen LogP contribution is 2.20. The van der Waals surface area contributed by atoms with Gasteiger partial charge in [0.05, 0.1) is 9.26 Å². The van der Waals surface area contributed by atoms with Crippen LogP contribution in [0.2, 0.25) is 0 Å². The van der Waals surface area contributed by atoms with Gasteiger partial charge in [0.1, 0.15) is 0 Å². The average Bonchev–Trinajstić information content (AvgIpc) is 2.70. The molecule has 4 nitrogen and oxygen atoms in total. The normalized spacial score (nSPS) is 10.8. The Hall–Kier alpha value is -0.890.